The predicted octanol–water partition coefficient (Wildman–Crippen LogP) is 2.55. The van der Waals surface area contributed by atoms with Gasteiger partial charge in [-0.25, -0.2) is 4.68 Å². The van der Waals surface area contributed by atoms with Crippen molar-refractivity contribution in [3.8, 4) is 0 Å². The van der Waals surface area contributed by atoms with E-state index in [2.05, 4.69) is 26.3 Å². The Bertz CT molecular complexity index is 483. The Hall–Kier alpha value is -0.880. The van der Waals surface area contributed by atoms with Gasteiger partial charge in [-0.15, -0.1) is 0 Å². The summed E-state index contributed by atoms with van der Waals surface area (Å²) in [6, 6.07) is 0.0149. The summed E-state index contributed by atoms with van der Waals surface area (Å²) in [6.45, 7) is 7.99. The zero-order valence-corrected chi connectivity index (χ0v) is 13.5. The minimum absolute atomic E-state index is 0.0149. The van der Waals surface area contributed by atoms with Gasteiger partial charge in [0, 0.05) is 6.54 Å². The van der Waals surface area contributed by atoms with Gasteiger partial charge in [-0.2, -0.15) is 5.10 Å². The highest BCUT2D eigenvalue weighted by Crippen LogP contribution is 2.19. The summed E-state index contributed by atoms with van der Waals surface area (Å²) in [6.07, 6.45) is 3.21. The Labute approximate surface area is 122 Å². The van der Waals surface area contributed by atoms with Gasteiger partial charge < -0.3 is 10.4 Å². The number of rotatable bonds is 6. The van der Waals surface area contributed by atoms with Crippen molar-refractivity contribution >= 4 is 21.6 Å². The van der Waals surface area contributed by atoms with Crippen LogP contribution in [0.1, 0.15) is 46.6 Å². The molecule has 1 aromatic rings. The monoisotopic (exact) mass is 331 g/mol. The van der Waals surface area contributed by atoms with E-state index in [1.165, 1.54) is 4.68 Å². The van der Waals surface area contributed by atoms with Crippen molar-refractivity contribution in [1.29, 1.82) is 0 Å². The highest BCUT2D eigenvalue weighted by Gasteiger charge is 2.20. The van der Waals surface area contributed by atoms with Crippen LogP contribution in [-0.4, -0.2) is 27.0 Å². The van der Waals surface area contributed by atoms with Crippen molar-refractivity contribution in [2.45, 2.75) is 52.2 Å². The molecule has 0 aliphatic carbocycles. The molecule has 0 aliphatic rings. The lowest BCUT2D eigenvalue weighted by molar-refractivity contribution is 0.0636. The third-order valence-electron chi connectivity index (χ3n) is 2.88. The van der Waals surface area contributed by atoms with E-state index in [-0.39, 0.29) is 11.6 Å². The second-order valence-electron chi connectivity index (χ2n) is 5.32. The number of aliphatic hydroxyl groups is 1. The fourth-order valence-corrected chi connectivity index (χ4v) is 2.27. The average Bonchev–Trinajstić information content (AvgIpc) is 2.30. The van der Waals surface area contributed by atoms with E-state index in [0.717, 1.165) is 6.42 Å². The van der Waals surface area contributed by atoms with Crippen LogP contribution in [0, 0.1) is 0 Å². The fraction of sp³-hybridized carbons (Fsp3) is 0.692. The summed E-state index contributed by atoms with van der Waals surface area (Å²) in [5.41, 5.74) is -0.352. The lowest BCUT2D eigenvalue weighted by atomic mass is 10.0. The topological polar surface area (TPSA) is 67.2 Å². The molecule has 0 aromatic carbocycles. The number of nitrogens with zero attached hydrogens (tertiary/aromatic N) is 2. The zero-order valence-electron chi connectivity index (χ0n) is 11.9. The molecule has 1 rings (SSSR count). The molecule has 1 unspecified atom stereocenters. The second-order valence-corrected chi connectivity index (χ2v) is 6.11. The van der Waals surface area contributed by atoms with Crippen LogP contribution in [0.3, 0.4) is 0 Å². The minimum Gasteiger partial charge on any atom is -0.388 e. The Balaban J connectivity index is 2.87. The lowest BCUT2D eigenvalue weighted by Gasteiger charge is -2.24. The first-order valence-electron chi connectivity index (χ1n) is 6.52. The molecule has 0 amide bonds. The summed E-state index contributed by atoms with van der Waals surface area (Å²) >= 11 is 3.29. The summed E-state index contributed by atoms with van der Waals surface area (Å²) in [5, 5.41) is 17.3. The molecule has 6 heteroatoms. The van der Waals surface area contributed by atoms with Crippen LogP contribution in [0.4, 0.5) is 5.69 Å². The van der Waals surface area contributed by atoms with Gasteiger partial charge in [-0.05, 0) is 43.1 Å². The van der Waals surface area contributed by atoms with E-state index in [0.29, 0.717) is 23.1 Å². The van der Waals surface area contributed by atoms with Gasteiger partial charge in [-0.3, -0.25) is 4.79 Å². The van der Waals surface area contributed by atoms with Crippen LogP contribution in [0.15, 0.2) is 15.5 Å². The van der Waals surface area contributed by atoms with E-state index in [4.69, 9.17) is 0 Å². The number of aromatic nitrogens is 2. The van der Waals surface area contributed by atoms with E-state index in [9.17, 15) is 9.90 Å². The maximum atomic E-state index is 12.0. The first kappa shape index (κ1) is 16.2. The molecule has 0 saturated heterocycles. The largest absolute Gasteiger partial charge is 0.388 e. The van der Waals surface area contributed by atoms with Crippen LogP contribution in [0.2, 0.25) is 0 Å². The van der Waals surface area contributed by atoms with Crippen LogP contribution in [-0.2, 0) is 0 Å². The van der Waals surface area contributed by atoms with Gasteiger partial charge >= 0.3 is 0 Å². The second kappa shape index (κ2) is 6.52. The lowest BCUT2D eigenvalue weighted by Crippen LogP contribution is -2.34. The van der Waals surface area contributed by atoms with Crippen molar-refractivity contribution < 1.29 is 5.11 Å². The van der Waals surface area contributed by atoms with E-state index in [1.54, 1.807) is 13.1 Å². The Kier molecular flexibility index (Phi) is 5.55. The van der Waals surface area contributed by atoms with Gasteiger partial charge in [-0.1, -0.05) is 13.3 Å². The first-order chi connectivity index (χ1) is 8.78. The highest BCUT2D eigenvalue weighted by molar-refractivity contribution is 9.10. The first-order valence-corrected chi connectivity index (χ1v) is 7.31. The van der Waals surface area contributed by atoms with Gasteiger partial charge in [0.25, 0.3) is 5.56 Å². The molecule has 5 nitrogen and oxygen atoms in total. The third-order valence-corrected chi connectivity index (χ3v) is 3.65. The zero-order chi connectivity index (χ0) is 14.6. The molecular weight excluding hydrogens is 310 g/mol. The molecule has 2 N–H and O–H groups in total. The molecule has 0 bridgehead atoms. The third kappa shape index (κ3) is 4.31. The number of anilines is 1. The minimum atomic E-state index is -0.791. The molecular formula is C13H22BrN3O2. The van der Waals surface area contributed by atoms with Crippen molar-refractivity contribution in [3.63, 3.8) is 0 Å². The maximum absolute atomic E-state index is 12.0. The quantitative estimate of drug-likeness (QED) is 0.840. The highest BCUT2D eigenvalue weighted by atomic mass is 79.9. The molecule has 0 fully saturated rings. The summed E-state index contributed by atoms with van der Waals surface area (Å²) < 4.78 is 1.86. The molecule has 108 valence electrons. The summed E-state index contributed by atoms with van der Waals surface area (Å²) in [4.78, 5) is 12.0. The maximum Gasteiger partial charge on any atom is 0.283 e. The van der Waals surface area contributed by atoms with Crippen molar-refractivity contribution in [1.82, 2.24) is 9.78 Å². The number of hydrogen-bond acceptors (Lipinski definition) is 4. The van der Waals surface area contributed by atoms with Crippen molar-refractivity contribution in [3.05, 3.63) is 21.0 Å². The Morgan fingerprint density at radius 1 is 1.58 bits per heavy atom. The Morgan fingerprint density at radius 3 is 2.74 bits per heavy atom. The summed E-state index contributed by atoms with van der Waals surface area (Å²) in [7, 11) is 0. The van der Waals surface area contributed by atoms with Gasteiger partial charge in [0.15, 0.2) is 0 Å². The number of halogens is 1. The van der Waals surface area contributed by atoms with E-state index < -0.39 is 5.60 Å². The van der Waals surface area contributed by atoms with Crippen LogP contribution < -0.4 is 10.9 Å². The smallest absolute Gasteiger partial charge is 0.283 e. The van der Waals surface area contributed by atoms with Crippen LogP contribution in [0.25, 0.3) is 0 Å². The number of hydrogen-bond donors (Lipinski definition) is 2. The van der Waals surface area contributed by atoms with Crippen LogP contribution in [0.5, 0.6) is 0 Å². The molecule has 0 radical (unpaired) electrons. The van der Waals surface area contributed by atoms with Gasteiger partial charge in [0.2, 0.25) is 0 Å². The molecule has 19 heavy (non-hydrogen) atoms. The predicted molar refractivity (Wildman–Crippen MR) is 80.6 cm³/mol. The van der Waals surface area contributed by atoms with Gasteiger partial charge in [0.1, 0.15) is 4.47 Å². The van der Waals surface area contributed by atoms with Gasteiger partial charge in [0.05, 0.1) is 23.5 Å². The normalized spacial score (nSPS) is 14.5. The molecule has 1 aromatic heterocycles. The molecule has 0 saturated carbocycles. The van der Waals surface area contributed by atoms with E-state index in [1.807, 2.05) is 20.8 Å². The van der Waals surface area contributed by atoms with Crippen LogP contribution >= 0.6 is 15.9 Å². The number of nitrogens with one attached hydrogen (secondary N) is 1. The van der Waals surface area contributed by atoms with E-state index >= 15 is 0 Å². The molecule has 0 aliphatic heterocycles. The molecule has 1 atom stereocenters. The SMILES string of the molecule is CCCC(C)(O)CNc1cnn(C(C)C)c(=O)c1Br. The standard InChI is InChI=1S/C13H22BrN3O2/c1-5-6-13(4,19)8-15-10-7-16-17(9(2)3)12(18)11(10)14/h7,9,15,19H,5-6,8H2,1-4H3. The van der Waals surface area contributed by atoms with Crippen molar-refractivity contribution in [2.75, 3.05) is 11.9 Å². The molecule has 0 spiro atoms. The fourth-order valence-electron chi connectivity index (χ4n) is 1.85. The molecule has 1 heterocycles. The average molecular weight is 332 g/mol. The Morgan fingerprint density at radius 2 is 2.21 bits per heavy atom. The summed E-state index contributed by atoms with van der Waals surface area (Å²) in [5.74, 6) is 0. The van der Waals surface area contributed by atoms with Crippen molar-refractivity contribution in [2.24, 2.45) is 0 Å².